The topological polar surface area (TPSA) is 90.3 Å². The van der Waals surface area contributed by atoms with E-state index < -0.39 is 15.9 Å². The number of amides is 1. The second-order valence-electron chi connectivity index (χ2n) is 5.64. The summed E-state index contributed by atoms with van der Waals surface area (Å²) in [5, 5.41) is 0. The molecule has 1 saturated heterocycles. The van der Waals surface area contributed by atoms with Crippen molar-refractivity contribution in [2.45, 2.75) is 32.2 Å². The Balaban J connectivity index is 1.62. The van der Waals surface area contributed by atoms with Crippen LogP contribution in [0.2, 0.25) is 0 Å². The van der Waals surface area contributed by atoms with Gasteiger partial charge in [-0.25, -0.2) is 18.1 Å². The summed E-state index contributed by atoms with van der Waals surface area (Å²) in [6.07, 6.45) is 5.15. The number of ether oxygens (including phenoxy) is 1. The van der Waals surface area contributed by atoms with Crippen molar-refractivity contribution in [1.29, 1.82) is 0 Å². The molecular formula is C13H19N3O4S. The van der Waals surface area contributed by atoms with E-state index in [4.69, 9.17) is 4.74 Å². The van der Waals surface area contributed by atoms with Crippen LogP contribution in [0.25, 0.3) is 0 Å². The van der Waals surface area contributed by atoms with Gasteiger partial charge in [0.2, 0.25) is 10.0 Å². The van der Waals surface area contributed by atoms with Crippen molar-refractivity contribution in [3.63, 3.8) is 0 Å². The van der Waals surface area contributed by atoms with Gasteiger partial charge in [-0.05, 0) is 25.2 Å². The summed E-state index contributed by atoms with van der Waals surface area (Å²) >= 11 is 0. The molecule has 1 fully saturated rings. The van der Waals surface area contributed by atoms with Crippen LogP contribution >= 0.6 is 0 Å². The van der Waals surface area contributed by atoms with Crippen molar-refractivity contribution < 1.29 is 17.9 Å². The first-order chi connectivity index (χ1) is 10.0. The van der Waals surface area contributed by atoms with Crippen molar-refractivity contribution in [2.24, 2.45) is 5.92 Å². The SMILES string of the molecule is O=C(NS(=O)(=O)CC1CCCOC1)c1cn2c(n1)CCC2. The summed E-state index contributed by atoms with van der Waals surface area (Å²) in [5.41, 5.74) is 0.174. The van der Waals surface area contributed by atoms with E-state index in [1.54, 1.807) is 6.20 Å². The molecule has 0 aliphatic carbocycles. The maximum Gasteiger partial charge on any atom is 0.284 e. The molecule has 3 rings (SSSR count). The molecule has 0 saturated carbocycles. The zero-order valence-corrected chi connectivity index (χ0v) is 12.6. The van der Waals surface area contributed by atoms with Crippen LogP contribution in [0.3, 0.4) is 0 Å². The molecule has 1 atom stereocenters. The number of carbonyl (C=O) groups is 1. The summed E-state index contributed by atoms with van der Waals surface area (Å²) in [5.74, 6) is 0.0784. The van der Waals surface area contributed by atoms with Crippen LogP contribution in [-0.4, -0.2) is 42.8 Å². The second kappa shape index (κ2) is 5.76. The number of rotatable bonds is 4. The first kappa shape index (κ1) is 14.5. The van der Waals surface area contributed by atoms with E-state index >= 15 is 0 Å². The predicted molar refractivity (Wildman–Crippen MR) is 75.3 cm³/mol. The van der Waals surface area contributed by atoms with Crippen molar-refractivity contribution in [1.82, 2.24) is 14.3 Å². The van der Waals surface area contributed by atoms with Crippen LogP contribution in [0, 0.1) is 5.92 Å². The van der Waals surface area contributed by atoms with Gasteiger partial charge in [0.25, 0.3) is 5.91 Å². The number of nitrogens with one attached hydrogen (secondary N) is 1. The summed E-state index contributed by atoms with van der Waals surface area (Å²) < 4.78 is 33.3. The molecule has 1 aromatic rings. The average Bonchev–Trinajstić information content (AvgIpc) is 2.99. The standard InChI is InChI=1S/C13H19N3O4S/c17-13(11-7-16-5-1-4-12(16)14-11)15-21(18,19)9-10-3-2-6-20-8-10/h7,10H,1-6,8-9H2,(H,15,17). The van der Waals surface area contributed by atoms with Gasteiger partial charge in [-0.15, -0.1) is 0 Å². The maximum absolute atomic E-state index is 12.0. The molecule has 0 bridgehead atoms. The zero-order valence-electron chi connectivity index (χ0n) is 11.7. The minimum Gasteiger partial charge on any atom is -0.381 e. The third-order valence-corrected chi connectivity index (χ3v) is 5.26. The molecule has 7 nitrogen and oxygen atoms in total. The second-order valence-corrected chi connectivity index (χ2v) is 7.40. The minimum atomic E-state index is -3.65. The highest BCUT2D eigenvalue weighted by Crippen LogP contribution is 2.16. The van der Waals surface area contributed by atoms with Gasteiger partial charge < -0.3 is 9.30 Å². The molecule has 1 aromatic heterocycles. The van der Waals surface area contributed by atoms with E-state index in [-0.39, 0.29) is 17.4 Å². The van der Waals surface area contributed by atoms with Crippen LogP contribution in [0.15, 0.2) is 6.20 Å². The van der Waals surface area contributed by atoms with Gasteiger partial charge in [-0.3, -0.25) is 4.79 Å². The van der Waals surface area contributed by atoms with Gasteiger partial charge in [0.15, 0.2) is 0 Å². The Bertz CT molecular complexity index is 610. The van der Waals surface area contributed by atoms with E-state index in [1.165, 1.54) is 0 Å². The number of imidazole rings is 1. The van der Waals surface area contributed by atoms with Crippen molar-refractivity contribution >= 4 is 15.9 Å². The van der Waals surface area contributed by atoms with E-state index in [0.717, 1.165) is 38.1 Å². The fourth-order valence-corrected chi connectivity index (χ4v) is 4.20. The Morgan fingerprint density at radius 2 is 2.33 bits per heavy atom. The lowest BCUT2D eigenvalue weighted by atomic mass is 10.1. The highest BCUT2D eigenvalue weighted by Gasteiger charge is 2.25. The van der Waals surface area contributed by atoms with Crippen LogP contribution in [-0.2, 0) is 27.7 Å². The Morgan fingerprint density at radius 1 is 1.48 bits per heavy atom. The lowest BCUT2D eigenvalue weighted by molar-refractivity contribution is 0.0624. The molecule has 1 N–H and O–H groups in total. The van der Waals surface area contributed by atoms with Gasteiger partial charge in [0.1, 0.15) is 11.5 Å². The van der Waals surface area contributed by atoms with E-state index in [0.29, 0.717) is 13.2 Å². The van der Waals surface area contributed by atoms with Crippen molar-refractivity contribution in [3.05, 3.63) is 17.7 Å². The van der Waals surface area contributed by atoms with E-state index in [2.05, 4.69) is 9.71 Å². The van der Waals surface area contributed by atoms with Crippen LogP contribution < -0.4 is 4.72 Å². The fraction of sp³-hybridized carbons (Fsp3) is 0.692. The highest BCUT2D eigenvalue weighted by atomic mass is 32.2. The van der Waals surface area contributed by atoms with E-state index in [9.17, 15) is 13.2 Å². The number of aryl methyl sites for hydroxylation is 2. The number of aromatic nitrogens is 2. The molecule has 21 heavy (non-hydrogen) atoms. The summed E-state index contributed by atoms with van der Waals surface area (Å²) in [4.78, 5) is 16.2. The monoisotopic (exact) mass is 313 g/mol. The quantitative estimate of drug-likeness (QED) is 0.864. The van der Waals surface area contributed by atoms with E-state index in [1.807, 2.05) is 4.57 Å². The molecule has 2 aliphatic heterocycles. The third kappa shape index (κ3) is 3.44. The van der Waals surface area contributed by atoms with Gasteiger partial charge in [-0.1, -0.05) is 0 Å². The predicted octanol–water partition coefficient (Wildman–Crippen LogP) is 0.315. The molecule has 2 aliphatic rings. The van der Waals surface area contributed by atoms with Gasteiger partial charge in [0, 0.05) is 25.8 Å². The molecule has 0 aromatic carbocycles. The molecule has 1 unspecified atom stereocenters. The Labute approximate surface area is 123 Å². The van der Waals surface area contributed by atoms with Crippen LogP contribution in [0.4, 0.5) is 0 Å². The van der Waals surface area contributed by atoms with Gasteiger partial charge in [-0.2, -0.15) is 0 Å². The normalized spacial score (nSPS) is 22.0. The van der Waals surface area contributed by atoms with Crippen molar-refractivity contribution in [2.75, 3.05) is 19.0 Å². The number of sulfonamides is 1. The summed E-state index contributed by atoms with van der Waals surface area (Å²) in [7, 11) is -3.65. The average molecular weight is 313 g/mol. The smallest absolute Gasteiger partial charge is 0.284 e. The van der Waals surface area contributed by atoms with Crippen LogP contribution in [0.5, 0.6) is 0 Å². The molecule has 8 heteroatoms. The molecule has 0 spiro atoms. The van der Waals surface area contributed by atoms with Crippen molar-refractivity contribution in [3.8, 4) is 0 Å². The van der Waals surface area contributed by atoms with Crippen LogP contribution in [0.1, 0.15) is 35.6 Å². The van der Waals surface area contributed by atoms with Gasteiger partial charge in [0.05, 0.1) is 12.4 Å². The highest BCUT2D eigenvalue weighted by molar-refractivity contribution is 7.90. The number of hydrogen-bond acceptors (Lipinski definition) is 5. The number of carbonyl (C=O) groups excluding carboxylic acids is 1. The van der Waals surface area contributed by atoms with Gasteiger partial charge >= 0.3 is 0 Å². The molecule has 3 heterocycles. The molecule has 0 radical (unpaired) electrons. The largest absolute Gasteiger partial charge is 0.381 e. The fourth-order valence-electron chi connectivity index (χ4n) is 2.85. The summed E-state index contributed by atoms with van der Waals surface area (Å²) in [6, 6.07) is 0. The lowest BCUT2D eigenvalue weighted by Gasteiger charge is -2.21. The Morgan fingerprint density at radius 3 is 3.05 bits per heavy atom. The number of nitrogens with zero attached hydrogens (tertiary/aromatic N) is 2. The zero-order chi connectivity index (χ0) is 14.9. The molecule has 116 valence electrons. The Hall–Kier alpha value is -1.41. The molecular weight excluding hydrogens is 294 g/mol. The first-order valence-corrected chi connectivity index (χ1v) is 8.87. The first-order valence-electron chi connectivity index (χ1n) is 7.22. The number of hydrogen-bond donors (Lipinski definition) is 1. The maximum atomic E-state index is 12.0. The third-order valence-electron chi connectivity index (χ3n) is 3.85. The number of fused-ring (bicyclic) bond motifs is 1. The summed E-state index contributed by atoms with van der Waals surface area (Å²) in [6.45, 7) is 1.96. The lowest BCUT2D eigenvalue weighted by Crippen LogP contribution is -2.37. The minimum absolute atomic E-state index is 0.0453. The molecule has 1 amide bonds. The Kier molecular flexibility index (Phi) is 3.99.